The van der Waals surface area contributed by atoms with Crippen LogP contribution in [0.25, 0.3) is 0 Å². The topological polar surface area (TPSA) is 12.0 Å². The summed E-state index contributed by atoms with van der Waals surface area (Å²) in [5.74, 6) is 0.810. The van der Waals surface area contributed by atoms with Gasteiger partial charge < -0.3 is 5.32 Å². The van der Waals surface area contributed by atoms with Crippen LogP contribution in [0.1, 0.15) is 57.8 Å². The van der Waals surface area contributed by atoms with Crippen molar-refractivity contribution >= 4 is 11.3 Å². The smallest absolute Gasteiger partial charge is 0.00928 e. The quantitative estimate of drug-likeness (QED) is 0.637. The molecule has 1 N–H and O–H groups in total. The summed E-state index contributed by atoms with van der Waals surface area (Å²) in [4.78, 5) is 1.53. The first-order valence-electron chi connectivity index (χ1n) is 7.53. The third-order valence-electron chi connectivity index (χ3n) is 3.61. The van der Waals surface area contributed by atoms with Crippen molar-refractivity contribution in [2.45, 2.75) is 65.3 Å². The molecule has 1 rings (SSSR count). The molecule has 18 heavy (non-hydrogen) atoms. The maximum atomic E-state index is 3.74. The van der Waals surface area contributed by atoms with Gasteiger partial charge in [-0.05, 0) is 56.0 Å². The summed E-state index contributed by atoms with van der Waals surface area (Å²) in [5.41, 5.74) is 0. The molecule has 0 aromatic carbocycles. The van der Waals surface area contributed by atoms with Gasteiger partial charge in [-0.25, -0.2) is 0 Å². The zero-order chi connectivity index (χ0) is 13.2. The number of aryl methyl sites for hydroxylation is 1. The van der Waals surface area contributed by atoms with Crippen LogP contribution in [-0.2, 0) is 6.42 Å². The molecule has 0 saturated carbocycles. The van der Waals surface area contributed by atoms with E-state index < -0.39 is 0 Å². The van der Waals surface area contributed by atoms with Crippen LogP contribution in [0.2, 0.25) is 0 Å². The molecule has 0 spiro atoms. The van der Waals surface area contributed by atoms with Gasteiger partial charge in [-0.1, -0.05) is 33.3 Å². The van der Waals surface area contributed by atoms with Gasteiger partial charge in [0.25, 0.3) is 0 Å². The zero-order valence-corrected chi connectivity index (χ0v) is 13.1. The summed E-state index contributed by atoms with van der Waals surface area (Å²) in [6.45, 7) is 8.11. The van der Waals surface area contributed by atoms with E-state index in [2.05, 4.69) is 43.6 Å². The summed E-state index contributed by atoms with van der Waals surface area (Å²) in [6, 6.07) is 5.13. The fourth-order valence-corrected chi connectivity index (χ4v) is 3.28. The van der Waals surface area contributed by atoms with E-state index in [1.807, 2.05) is 11.3 Å². The molecule has 0 amide bonds. The normalized spacial score (nSPS) is 14.6. The first kappa shape index (κ1) is 15.7. The number of hydrogen-bond donors (Lipinski definition) is 1. The Labute approximate surface area is 117 Å². The van der Waals surface area contributed by atoms with Gasteiger partial charge in [0.2, 0.25) is 0 Å². The Morgan fingerprint density at radius 3 is 2.67 bits per heavy atom. The van der Waals surface area contributed by atoms with Crippen molar-refractivity contribution in [2.24, 2.45) is 5.92 Å². The van der Waals surface area contributed by atoms with Crippen LogP contribution in [0.3, 0.4) is 0 Å². The Hall–Kier alpha value is -0.340. The third kappa shape index (κ3) is 6.01. The SMILES string of the molecule is CCCNC(CCCc1cccs1)C(C)CCC. The molecule has 2 unspecified atom stereocenters. The number of hydrogen-bond acceptors (Lipinski definition) is 2. The van der Waals surface area contributed by atoms with Crippen LogP contribution < -0.4 is 5.32 Å². The van der Waals surface area contributed by atoms with Crippen molar-refractivity contribution in [2.75, 3.05) is 6.54 Å². The molecule has 1 heterocycles. The molecule has 1 aromatic heterocycles. The van der Waals surface area contributed by atoms with Gasteiger partial charge >= 0.3 is 0 Å². The van der Waals surface area contributed by atoms with Crippen LogP contribution in [0.15, 0.2) is 17.5 Å². The van der Waals surface area contributed by atoms with E-state index in [0.29, 0.717) is 6.04 Å². The largest absolute Gasteiger partial charge is 0.314 e. The molecule has 0 bridgehead atoms. The Bertz CT molecular complexity index is 281. The lowest BCUT2D eigenvalue weighted by Crippen LogP contribution is -2.35. The van der Waals surface area contributed by atoms with E-state index in [4.69, 9.17) is 0 Å². The van der Waals surface area contributed by atoms with Gasteiger partial charge in [0.1, 0.15) is 0 Å². The van der Waals surface area contributed by atoms with Crippen LogP contribution in [0, 0.1) is 5.92 Å². The highest BCUT2D eigenvalue weighted by Crippen LogP contribution is 2.18. The van der Waals surface area contributed by atoms with Crippen LogP contribution in [0.5, 0.6) is 0 Å². The Morgan fingerprint density at radius 2 is 2.06 bits per heavy atom. The number of thiophene rings is 1. The van der Waals surface area contributed by atoms with Gasteiger partial charge in [-0.3, -0.25) is 0 Å². The first-order valence-corrected chi connectivity index (χ1v) is 8.41. The molecule has 0 saturated heterocycles. The standard InChI is InChI=1S/C16H29NS/c1-4-8-14(3)16(17-12-5-2)11-6-9-15-10-7-13-18-15/h7,10,13-14,16-17H,4-6,8-9,11-12H2,1-3H3. The maximum absolute atomic E-state index is 3.74. The number of rotatable bonds is 10. The van der Waals surface area contributed by atoms with Crippen molar-refractivity contribution in [3.05, 3.63) is 22.4 Å². The van der Waals surface area contributed by atoms with Gasteiger partial charge in [0, 0.05) is 10.9 Å². The highest BCUT2D eigenvalue weighted by atomic mass is 32.1. The van der Waals surface area contributed by atoms with Crippen LogP contribution in [-0.4, -0.2) is 12.6 Å². The Morgan fingerprint density at radius 1 is 1.22 bits per heavy atom. The van der Waals surface area contributed by atoms with Gasteiger partial charge in [0.15, 0.2) is 0 Å². The van der Waals surface area contributed by atoms with E-state index in [-0.39, 0.29) is 0 Å². The highest BCUT2D eigenvalue weighted by Gasteiger charge is 2.15. The molecular weight excluding hydrogens is 238 g/mol. The fraction of sp³-hybridized carbons (Fsp3) is 0.750. The van der Waals surface area contributed by atoms with Crippen molar-refractivity contribution in [1.29, 1.82) is 0 Å². The molecule has 1 aromatic rings. The second-order valence-corrected chi connectivity index (χ2v) is 6.33. The number of nitrogens with one attached hydrogen (secondary N) is 1. The molecule has 0 fully saturated rings. The molecule has 1 nitrogen and oxygen atoms in total. The zero-order valence-electron chi connectivity index (χ0n) is 12.2. The molecule has 0 aliphatic rings. The summed E-state index contributed by atoms with van der Waals surface area (Å²) in [6.07, 6.45) is 7.77. The monoisotopic (exact) mass is 267 g/mol. The second kappa shape index (κ2) is 9.57. The summed E-state index contributed by atoms with van der Waals surface area (Å²) < 4.78 is 0. The molecule has 0 aliphatic carbocycles. The molecule has 0 aliphatic heterocycles. The van der Waals surface area contributed by atoms with Gasteiger partial charge in [-0.2, -0.15) is 0 Å². The second-order valence-electron chi connectivity index (χ2n) is 5.30. The lowest BCUT2D eigenvalue weighted by atomic mass is 9.92. The van der Waals surface area contributed by atoms with Crippen LogP contribution >= 0.6 is 11.3 Å². The van der Waals surface area contributed by atoms with E-state index in [1.54, 1.807) is 0 Å². The molecule has 0 radical (unpaired) electrons. The highest BCUT2D eigenvalue weighted by molar-refractivity contribution is 7.09. The van der Waals surface area contributed by atoms with Crippen molar-refractivity contribution in [1.82, 2.24) is 5.32 Å². The summed E-state index contributed by atoms with van der Waals surface area (Å²) in [7, 11) is 0. The molecule has 104 valence electrons. The molecular formula is C16H29NS. The fourth-order valence-electron chi connectivity index (χ4n) is 2.53. The minimum Gasteiger partial charge on any atom is -0.314 e. The minimum atomic E-state index is 0.713. The van der Waals surface area contributed by atoms with Crippen molar-refractivity contribution < 1.29 is 0 Å². The van der Waals surface area contributed by atoms with Crippen molar-refractivity contribution in [3.63, 3.8) is 0 Å². The average Bonchev–Trinajstić information content (AvgIpc) is 2.86. The minimum absolute atomic E-state index is 0.713. The van der Waals surface area contributed by atoms with E-state index in [1.165, 1.54) is 43.4 Å². The van der Waals surface area contributed by atoms with Gasteiger partial charge in [0.05, 0.1) is 0 Å². The van der Waals surface area contributed by atoms with E-state index in [0.717, 1.165) is 12.5 Å². The van der Waals surface area contributed by atoms with Gasteiger partial charge in [-0.15, -0.1) is 11.3 Å². The van der Waals surface area contributed by atoms with E-state index in [9.17, 15) is 0 Å². The van der Waals surface area contributed by atoms with Crippen molar-refractivity contribution in [3.8, 4) is 0 Å². The summed E-state index contributed by atoms with van der Waals surface area (Å²) in [5, 5.41) is 5.92. The third-order valence-corrected chi connectivity index (χ3v) is 4.54. The lowest BCUT2D eigenvalue weighted by molar-refractivity contribution is 0.332. The Kier molecular flexibility index (Phi) is 8.36. The predicted molar refractivity (Wildman–Crippen MR) is 83.4 cm³/mol. The predicted octanol–water partition coefficient (Wildman–Crippen LogP) is 4.88. The Balaban J connectivity index is 2.30. The lowest BCUT2D eigenvalue weighted by Gasteiger charge is -2.25. The molecule has 2 atom stereocenters. The maximum Gasteiger partial charge on any atom is 0.00928 e. The average molecular weight is 267 g/mol. The van der Waals surface area contributed by atoms with E-state index >= 15 is 0 Å². The molecule has 2 heteroatoms. The van der Waals surface area contributed by atoms with Crippen LogP contribution in [0.4, 0.5) is 0 Å². The first-order chi connectivity index (χ1) is 8.77. The summed E-state index contributed by atoms with van der Waals surface area (Å²) >= 11 is 1.89.